The Kier molecular flexibility index (Phi) is 5.01. The van der Waals surface area contributed by atoms with E-state index in [9.17, 15) is 14.4 Å². The monoisotopic (exact) mass is 250 g/mol. The number of rotatable bonds is 4. The van der Waals surface area contributed by atoms with Crippen molar-refractivity contribution in [1.29, 1.82) is 0 Å². The Bertz CT molecular complexity index is 454. The van der Waals surface area contributed by atoms with E-state index < -0.39 is 11.8 Å². The quantitative estimate of drug-likeness (QED) is 0.515. The highest BCUT2D eigenvalue weighted by molar-refractivity contribution is 6.39. The normalized spacial score (nSPS) is 9.67. The van der Waals surface area contributed by atoms with E-state index in [0.29, 0.717) is 11.3 Å². The number of ketones is 1. The number of aliphatic hydroxyl groups is 1. The summed E-state index contributed by atoms with van der Waals surface area (Å²) in [4.78, 5) is 33.6. The minimum absolute atomic E-state index is 0.0233. The van der Waals surface area contributed by atoms with Gasteiger partial charge < -0.3 is 15.7 Å². The molecule has 18 heavy (non-hydrogen) atoms. The minimum Gasteiger partial charge on any atom is -0.395 e. The second kappa shape index (κ2) is 6.51. The number of hydrogen-bond donors (Lipinski definition) is 3. The number of amides is 2. The highest BCUT2D eigenvalue weighted by Crippen LogP contribution is 2.09. The number of Topliss-reactive ketones (excluding diaryl/α,β-unsaturated/α-hetero) is 1. The van der Waals surface area contributed by atoms with Gasteiger partial charge in [-0.3, -0.25) is 14.4 Å². The third kappa shape index (κ3) is 3.99. The summed E-state index contributed by atoms with van der Waals surface area (Å²) in [5.74, 6) is -1.72. The van der Waals surface area contributed by atoms with Crippen molar-refractivity contribution in [3.05, 3.63) is 29.8 Å². The fourth-order valence-electron chi connectivity index (χ4n) is 1.23. The molecule has 2 amide bonds. The molecule has 0 radical (unpaired) electrons. The van der Waals surface area contributed by atoms with Gasteiger partial charge in [0.15, 0.2) is 5.78 Å². The lowest BCUT2D eigenvalue weighted by molar-refractivity contribution is -0.136. The Labute approximate surface area is 104 Å². The Morgan fingerprint density at radius 1 is 1.11 bits per heavy atom. The molecule has 0 heterocycles. The molecule has 0 saturated carbocycles. The first-order valence-corrected chi connectivity index (χ1v) is 5.35. The predicted molar refractivity (Wildman–Crippen MR) is 65.2 cm³/mol. The van der Waals surface area contributed by atoms with Gasteiger partial charge in [-0.25, -0.2) is 0 Å². The molecule has 3 N–H and O–H groups in total. The van der Waals surface area contributed by atoms with Crippen LogP contribution in [0.25, 0.3) is 0 Å². The maximum atomic E-state index is 11.4. The van der Waals surface area contributed by atoms with Crippen LogP contribution in [0.15, 0.2) is 24.3 Å². The minimum atomic E-state index is -0.820. The van der Waals surface area contributed by atoms with Crippen LogP contribution in [-0.2, 0) is 9.59 Å². The van der Waals surface area contributed by atoms with Gasteiger partial charge in [0.1, 0.15) is 0 Å². The van der Waals surface area contributed by atoms with Crippen molar-refractivity contribution < 1.29 is 19.5 Å². The second-order valence-corrected chi connectivity index (χ2v) is 3.57. The molecular weight excluding hydrogens is 236 g/mol. The van der Waals surface area contributed by atoms with E-state index in [0.717, 1.165) is 0 Å². The summed E-state index contributed by atoms with van der Waals surface area (Å²) >= 11 is 0. The van der Waals surface area contributed by atoms with Gasteiger partial charge in [-0.2, -0.15) is 0 Å². The van der Waals surface area contributed by atoms with Crippen LogP contribution in [0.2, 0.25) is 0 Å². The van der Waals surface area contributed by atoms with E-state index in [2.05, 4.69) is 10.6 Å². The van der Waals surface area contributed by atoms with Crippen molar-refractivity contribution >= 4 is 23.3 Å². The Morgan fingerprint density at radius 3 is 2.22 bits per heavy atom. The number of carbonyl (C=O) groups excluding carboxylic acids is 3. The van der Waals surface area contributed by atoms with Crippen LogP contribution in [0.1, 0.15) is 17.3 Å². The number of benzene rings is 1. The molecule has 1 aromatic rings. The van der Waals surface area contributed by atoms with Crippen molar-refractivity contribution in [3.8, 4) is 0 Å². The van der Waals surface area contributed by atoms with Gasteiger partial charge >= 0.3 is 11.8 Å². The average Bonchev–Trinajstić information content (AvgIpc) is 2.36. The van der Waals surface area contributed by atoms with E-state index in [1.165, 1.54) is 19.1 Å². The van der Waals surface area contributed by atoms with Gasteiger partial charge in [0.05, 0.1) is 6.61 Å². The summed E-state index contributed by atoms with van der Waals surface area (Å²) in [6.07, 6.45) is 0. The molecule has 1 aromatic carbocycles. The van der Waals surface area contributed by atoms with Gasteiger partial charge in [0.25, 0.3) is 0 Å². The first kappa shape index (κ1) is 13.9. The summed E-state index contributed by atoms with van der Waals surface area (Å²) in [6.45, 7) is 1.23. The van der Waals surface area contributed by atoms with Crippen LogP contribution in [0.5, 0.6) is 0 Å². The molecule has 0 aliphatic heterocycles. The Hall–Kier alpha value is -2.21. The number of hydrogen-bond acceptors (Lipinski definition) is 4. The summed E-state index contributed by atoms with van der Waals surface area (Å²) in [5, 5.41) is 13.1. The van der Waals surface area contributed by atoms with Crippen LogP contribution in [0.4, 0.5) is 5.69 Å². The Balaban J connectivity index is 2.59. The number of anilines is 1. The van der Waals surface area contributed by atoms with Gasteiger partial charge in [0, 0.05) is 17.8 Å². The van der Waals surface area contributed by atoms with Crippen LogP contribution < -0.4 is 10.6 Å². The van der Waals surface area contributed by atoms with Crippen LogP contribution >= 0.6 is 0 Å². The lowest BCUT2D eigenvalue weighted by Gasteiger charge is -2.05. The van der Waals surface area contributed by atoms with Crippen molar-refractivity contribution in [3.63, 3.8) is 0 Å². The van der Waals surface area contributed by atoms with Crippen molar-refractivity contribution in [2.45, 2.75) is 6.92 Å². The zero-order valence-electron chi connectivity index (χ0n) is 9.90. The number of carbonyl (C=O) groups is 3. The number of nitrogens with one attached hydrogen (secondary N) is 2. The fourth-order valence-corrected chi connectivity index (χ4v) is 1.23. The Morgan fingerprint density at radius 2 is 1.72 bits per heavy atom. The molecule has 0 aromatic heterocycles. The van der Waals surface area contributed by atoms with E-state index in [1.54, 1.807) is 12.1 Å². The van der Waals surface area contributed by atoms with E-state index in [-0.39, 0.29) is 18.9 Å². The maximum Gasteiger partial charge on any atom is 0.313 e. The maximum absolute atomic E-state index is 11.4. The van der Waals surface area contributed by atoms with Crippen molar-refractivity contribution in [2.24, 2.45) is 0 Å². The van der Waals surface area contributed by atoms with Crippen LogP contribution in [0.3, 0.4) is 0 Å². The smallest absolute Gasteiger partial charge is 0.313 e. The predicted octanol–water partition coefficient (Wildman–Crippen LogP) is -0.0638. The first-order chi connectivity index (χ1) is 8.54. The van der Waals surface area contributed by atoms with Gasteiger partial charge in [-0.15, -0.1) is 0 Å². The number of aliphatic hydroxyl groups excluding tert-OH is 1. The molecular formula is C12H14N2O4. The molecule has 0 unspecified atom stereocenters. The summed E-state index contributed by atoms with van der Waals surface area (Å²) < 4.78 is 0. The highest BCUT2D eigenvalue weighted by Gasteiger charge is 2.12. The zero-order chi connectivity index (χ0) is 13.5. The zero-order valence-corrected chi connectivity index (χ0v) is 9.90. The van der Waals surface area contributed by atoms with E-state index >= 15 is 0 Å². The van der Waals surface area contributed by atoms with Crippen LogP contribution in [0, 0.1) is 0 Å². The van der Waals surface area contributed by atoms with E-state index in [1.807, 2.05) is 0 Å². The highest BCUT2D eigenvalue weighted by atomic mass is 16.3. The lowest BCUT2D eigenvalue weighted by atomic mass is 10.1. The molecule has 0 spiro atoms. The molecule has 0 atom stereocenters. The average molecular weight is 250 g/mol. The molecule has 1 rings (SSSR count). The molecule has 0 aliphatic carbocycles. The molecule has 0 saturated heterocycles. The van der Waals surface area contributed by atoms with Gasteiger partial charge in [-0.1, -0.05) is 0 Å². The molecule has 0 aliphatic rings. The molecule has 6 heteroatoms. The summed E-state index contributed by atoms with van der Waals surface area (Å²) in [5.41, 5.74) is 0.946. The van der Waals surface area contributed by atoms with E-state index in [4.69, 9.17) is 5.11 Å². The third-order valence-corrected chi connectivity index (χ3v) is 2.15. The topological polar surface area (TPSA) is 95.5 Å². The molecule has 96 valence electrons. The SMILES string of the molecule is CC(=O)c1ccc(NC(=O)C(=O)NCCO)cc1. The molecule has 0 fully saturated rings. The van der Waals surface area contributed by atoms with Gasteiger partial charge in [0.2, 0.25) is 0 Å². The molecule has 0 bridgehead atoms. The lowest BCUT2D eigenvalue weighted by Crippen LogP contribution is -2.36. The summed E-state index contributed by atoms with van der Waals surface area (Å²) in [6, 6.07) is 6.19. The second-order valence-electron chi connectivity index (χ2n) is 3.57. The largest absolute Gasteiger partial charge is 0.395 e. The summed E-state index contributed by atoms with van der Waals surface area (Å²) in [7, 11) is 0. The third-order valence-electron chi connectivity index (χ3n) is 2.15. The first-order valence-electron chi connectivity index (χ1n) is 5.35. The van der Waals surface area contributed by atoms with Gasteiger partial charge in [-0.05, 0) is 31.2 Å². The van der Waals surface area contributed by atoms with Crippen molar-refractivity contribution in [1.82, 2.24) is 5.32 Å². The van der Waals surface area contributed by atoms with Crippen molar-refractivity contribution in [2.75, 3.05) is 18.5 Å². The van der Waals surface area contributed by atoms with Crippen LogP contribution in [-0.4, -0.2) is 35.9 Å². The fraction of sp³-hybridized carbons (Fsp3) is 0.250. The standard InChI is InChI=1S/C12H14N2O4/c1-8(16)9-2-4-10(5-3-9)14-12(18)11(17)13-6-7-15/h2-5,15H,6-7H2,1H3,(H,13,17)(H,14,18). The molecule has 6 nitrogen and oxygen atoms in total.